The van der Waals surface area contributed by atoms with Crippen LogP contribution in [0.25, 0.3) is 32.0 Å². The molecule has 0 aromatic carbocycles. The van der Waals surface area contributed by atoms with Gasteiger partial charge in [0.2, 0.25) is 0 Å². The van der Waals surface area contributed by atoms with E-state index in [1.165, 1.54) is 12.7 Å². The van der Waals surface area contributed by atoms with Crippen LogP contribution >= 0.6 is 0 Å². The van der Waals surface area contributed by atoms with E-state index in [2.05, 4.69) is 35.0 Å². The summed E-state index contributed by atoms with van der Waals surface area (Å²) in [6, 6.07) is -0.519. The third-order valence-electron chi connectivity index (χ3n) is 2.41. The van der Waals surface area contributed by atoms with Crippen LogP contribution in [-0.4, -0.2) is 32.1 Å². The molecule has 96 valence electrons. The van der Waals surface area contributed by atoms with E-state index in [-0.39, 0.29) is 18.9 Å². The maximum absolute atomic E-state index is 8.48. The maximum Gasteiger partial charge on any atom is 0.165 e. The molecule has 0 spiro atoms. The van der Waals surface area contributed by atoms with Gasteiger partial charge in [-0.3, -0.25) is 0 Å². The Morgan fingerprint density at radius 2 is 2.16 bits per heavy atom. The van der Waals surface area contributed by atoms with Gasteiger partial charge in [-0.05, 0) is 11.1 Å². The molecule has 2 heterocycles. The Bertz CT molecular complexity index is 675. The summed E-state index contributed by atoms with van der Waals surface area (Å²) < 4.78 is 1.67. The largest absolute Gasteiger partial charge is 0.382 e. The average Bonchev–Trinajstić information content (AvgIpc) is 2.81. The first-order valence-electron chi connectivity index (χ1n) is 5.22. The van der Waals surface area contributed by atoms with Crippen LogP contribution in [0.5, 0.6) is 0 Å². The van der Waals surface area contributed by atoms with Crippen molar-refractivity contribution in [2.45, 2.75) is 12.6 Å². The number of azide groups is 2. The number of nitrogens with two attached hydrogens (primary N) is 1. The minimum absolute atomic E-state index is 0.0563. The average molecular weight is 259 g/mol. The normalized spacial score (nSPS) is 11.6. The molecule has 19 heavy (non-hydrogen) atoms. The van der Waals surface area contributed by atoms with Crippen LogP contribution in [-0.2, 0) is 6.54 Å². The Kier molecular flexibility index (Phi) is 3.62. The number of hydrogen-bond acceptors (Lipinski definition) is 6. The van der Waals surface area contributed by atoms with Gasteiger partial charge < -0.3 is 10.3 Å². The van der Waals surface area contributed by atoms with Gasteiger partial charge >= 0.3 is 0 Å². The van der Waals surface area contributed by atoms with Crippen molar-refractivity contribution in [1.82, 2.24) is 19.5 Å². The molecular formula is C8H9N11. The van der Waals surface area contributed by atoms with Crippen molar-refractivity contribution in [3.8, 4) is 0 Å². The second-order valence-electron chi connectivity index (χ2n) is 3.60. The summed E-state index contributed by atoms with van der Waals surface area (Å²) in [7, 11) is 0. The van der Waals surface area contributed by atoms with Crippen LogP contribution in [0, 0.1) is 0 Å². The molecule has 0 saturated heterocycles. The standard InChI is InChI=1S/C8H9N11/c9-7-6-8(13-3-12-7)19(4-14-6)2-5(16-18-11)1-15-17-10/h3-5H,1-2H2,(H2,9,12,13). The molecular weight excluding hydrogens is 250 g/mol. The van der Waals surface area contributed by atoms with Gasteiger partial charge in [0.15, 0.2) is 11.5 Å². The molecule has 0 fully saturated rings. The third kappa shape index (κ3) is 2.63. The van der Waals surface area contributed by atoms with E-state index in [4.69, 9.17) is 16.8 Å². The lowest BCUT2D eigenvalue weighted by atomic mass is 10.3. The van der Waals surface area contributed by atoms with Gasteiger partial charge in [-0.15, -0.1) is 0 Å². The van der Waals surface area contributed by atoms with Gasteiger partial charge in [0.05, 0.1) is 12.4 Å². The maximum atomic E-state index is 8.48. The predicted octanol–water partition coefficient (Wildman–Crippen LogP) is 1.40. The summed E-state index contributed by atoms with van der Waals surface area (Å²) in [5.41, 5.74) is 23.4. The molecule has 0 radical (unpaired) electrons. The summed E-state index contributed by atoms with van der Waals surface area (Å²) in [6.07, 6.45) is 2.84. The number of hydrogen-bond donors (Lipinski definition) is 1. The number of nitrogens with zero attached hydrogens (tertiary/aromatic N) is 10. The van der Waals surface area contributed by atoms with Crippen molar-refractivity contribution >= 4 is 17.0 Å². The van der Waals surface area contributed by atoms with Crippen LogP contribution in [0.2, 0.25) is 0 Å². The summed E-state index contributed by atoms with van der Waals surface area (Å²) in [5, 5.41) is 6.95. The smallest absolute Gasteiger partial charge is 0.165 e. The first-order chi connectivity index (χ1) is 9.26. The molecule has 2 aromatic heterocycles. The summed E-state index contributed by atoms with van der Waals surface area (Å²) in [6.45, 7) is 0.344. The molecule has 0 aliphatic rings. The monoisotopic (exact) mass is 259 g/mol. The van der Waals surface area contributed by atoms with E-state index in [1.54, 1.807) is 4.57 Å². The Hall–Kier alpha value is -3.03. The first-order valence-corrected chi connectivity index (χ1v) is 5.22. The fourth-order valence-corrected chi connectivity index (χ4v) is 1.59. The van der Waals surface area contributed by atoms with Crippen LogP contribution in [0.15, 0.2) is 22.9 Å². The molecule has 0 saturated carbocycles. The fraction of sp³-hybridized carbons (Fsp3) is 0.375. The third-order valence-corrected chi connectivity index (χ3v) is 2.41. The number of imidazole rings is 1. The Labute approximate surface area is 106 Å². The zero-order valence-corrected chi connectivity index (χ0v) is 9.70. The van der Waals surface area contributed by atoms with Crippen molar-refractivity contribution in [3.05, 3.63) is 33.5 Å². The van der Waals surface area contributed by atoms with Gasteiger partial charge in [-0.25, -0.2) is 15.0 Å². The number of anilines is 1. The molecule has 2 aromatic rings. The van der Waals surface area contributed by atoms with Crippen molar-refractivity contribution < 1.29 is 0 Å². The van der Waals surface area contributed by atoms with E-state index < -0.39 is 6.04 Å². The van der Waals surface area contributed by atoms with Gasteiger partial charge in [-0.1, -0.05) is 10.2 Å². The van der Waals surface area contributed by atoms with Crippen molar-refractivity contribution in [2.75, 3.05) is 12.3 Å². The highest BCUT2D eigenvalue weighted by Gasteiger charge is 2.12. The molecule has 0 aliphatic carbocycles. The summed E-state index contributed by atoms with van der Waals surface area (Å²) in [4.78, 5) is 17.3. The highest BCUT2D eigenvalue weighted by Crippen LogP contribution is 2.15. The second kappa shape index (κ2) is 5.54. The second-order valence-corrected chi connectivity index (χ2v) is 3.60. The minimum atomic E-state index is -0.519. The van der Waals surface area contributed by atoms with E-state index in [9.17, 15) is 0 Å². The number of nitrogen functional groups attached to an aromatic ring is 1. The highest BCUT2D eigenvalue weighted by atomic mass is 15.2. The molecule has 0 aliphatic heterocycles. The van der Waals surface area contributed by atoms with Crippen molar-refractivity contribution in [2.24, 2.45) is 10.2 Å². The quantitative estimate of drug-likeness (QED) is 0.486. The lowest BCUT2D eigenvalue weighted by molar-refractivity contribution is 0.564. The lowest BCUT2D eigenvalue weighted by Crippen LogP contribution is -2.16. The fourth-order valence-electron chi connectivity index (χ4n) is 1.59. The number of rotatable bonds is 5. The SMILES string of the molecule is [N-]=[N+]=NCC(Cn1cnc2c(N)ncnc21)N=[N+]=[N-]. The van der Waals surface area contributed by atoms with E-state index in [1.807, 2.05) is 0 Å². The van der Waals surface area contributed by atoms with Crippen LogP contribution in [0.1, 0.15) is 0 Å². The van der Waals surface area contributed by atoms with E-state index in [0.717, 1.165) is 0 Å². The molecule has 1 atom stereocenters. The van der Waals surface area contributed by atoms with Gasteiger partial charge in [-0.2, -0.15) is 0 Å². The molecule has 2 rings (SSSR count). The van der Waals surface area contributed by atoms with Gasteiger partial charge in [0.1, 0.15) is 11.8 Å². The minimum Gasteiger partial charge on any atom is -0.382 e. The Morgan fingerprint density at radius 1 is 1.32 bits per heavy atom. The van der Waals surface area contributed by atoms with Gasteiger partial charge in [0.25, 0.3) is 0 Å². The van der Waals surface area contributed by atoms with Crippen LogP contribution < -0.4 is 5.73 Å². The molecule has 1 unspecified atom stereocenters. The Balaban J connectivity index is 2.31. The van der Waals surface area contributed by atoms with Crippen LogP contribution in [0.3, 0.4) is 0 Å². The molecule has 2 N–H and O–H groups in total. The Morgan fingerprint density at radius 3 is 2.89 bits per heavy atom. The van der Waals surface area contributed by atoms with E-state index in [0.29, 0.717) is 11.2 Å². The van der Waals surface area contributed by atoms with E-state index >= 15 is 0 Å². The first kappa shape index (κ1) is 12.4. The zero-order chi connectivity index (χ0) is 13.7. The molecule has 0 bridgehead atoms. The highest BCUT2D eigenvalue weighted by molar-refractivity contribution is 5.81. The topological polar surface area (TPSA) is 167 Å². The van der Waals surface area contributed by atoms with Crippen LogP contribution in [0.4, 0.5) is 5.82 Å². The zero-order valence-electron chi connectivity index (χ0n) is 9.70. The van der Waals surface area contributed by atoms with Crippen molar-refractivity contribution in [1.29, 1.82) is 0 Å². The predicted molar refractivity (Wildman–Crippen MR) is 66.7 cm³/mol. The summed E-state index contributed by atoms with van der Waals surface area (Å²) in [5.74, 6) is 0.277. The van der Waals surface area contributed by atoms with Crippen molar-refractivity contribution in [3.63, 3.8) is 0 Å². The molecule has 0 amide bonds. The number of aromatic nitrogens is 4. The summed E-state index contributed by atoms with van der Waals surface area (Å²) >= 11 is 0. The van der Waals surface area contributed by atoms with Gasteiger partial charge in [0, 0.05) is 22.9 Å². The molecule has 11 heteroatoms. The lowest BCUT2D eigenvalue weighted by Gasteiger charge is -2.08. The number of fused-ring (bicyclic) bond motifs is 1. The molecule has 11 nitrogen and oxygen atoms in total.